The van der Waals surface area contributed by atoms with Crippen molar-refractivity contribution in [1.82, 2.24) is 0 Å². The van der Waals surface area contributed by atoms with Crippen molar-refractivity contribution in [3.05, 3.63) is 35.4 Å². The molecule has 96 valence electrons. The number of carbonyl (C=O) groups is 3. The van der Waals surface area contributed by atoms with Crippen LogP contribution >= 0.6 is 0 Å². The van der Waals surface area contributed by atoms with Crippen LogP contribution in [0.1, 0.15) is 29.3 Å². The summed E-state index contributed by atoms with van der Waals surface area (Å²) >= 11 is 0. The van der Waals surface area contributed by atoms with Gasteiger partial charge in [-0.25, -0.2) is 0 Å². The molecule has 0 saturated carbocycles. The molecule has 0 aliphatic rings. The maximum atomic E-state index is 11.5. The molecule has 5 heteroatoms. The smallest absolute Gasteiger partial charge is 0.170 e. The average Bonchev–Trinajstić information content (AvgIpc) is 2.28. The summed E-state index contributed by atoms with van der Waals surface area (Å²) in [5, 5.41) is 10.5. The van der Waals surface area contributed by atoms with Crippen molar-refractivity contribution in [1.29, 1.82) is 0 Å². The van der Waals surface area contributed by atoms with E-state index in [1.54, 1.807) is 24.3 Å². The van der Waals surface area contributed by atoms with Crippen molar-refractivity contribution in [2.45, 2.75) is 25.8 Å². The second kappa shape index (κ2) is 6.07. The highest BCUT2D eigenvalue weighted by Crippen LogP contribution is 2.09. The van der Waals surface area contributed by atoms with E-state index in [4.69, 9.17) is 5.73 Å². The maximum absolute atomic E-state index is 11.5. The topological polar surface area (TPSA) is 100 Å². The molecule has 5 nitrogen and oxygen atoms in total. The molecule has 0 aliphatic carbocycles. The number of aliphatic carboxylic acids is 1. The summed E-state index contributed by atoms with van der Waals surface area (Å²) < 4.78 is 0. The van der Waals surface area contributed by atoms with E-state index >= 15 is 0 Å². The molecule has 0 spiro atoms. The van der Waals surface area contributed by atoms with Gasteiger partial charge >= 0.3 is 0 Å². The van der Waals surface area contributed by atoms with Gasteiger partial charge in [0.1, 0.15) is 5.78 Å². The van der Waals surface area contributed by atoms with Gasteiger partial charge in [0.15, 0.2) is 5.78 Å². The Hall–Kier alpha value is -2.01. The zero-order chi connectivity index (χ0) is 13.7. The summed E-state index contributed by atoms with van der Waals surface area (Å²) in [6.07, 6.45) is 0.0153. The minimum atomic E-state index is -1.31. The van der Waals surface area contributed by atoms with Crippen LogP contribution in [0.2, 0.25) is 0 Å². The Balaban J connectivity index is 2.71. The summed E-state index contributed by atoms with van der Waals surface area (Å²) in [5.41, 5.74) is 6.47. The number of carbonyl (C=O) groups excluding carboxylic acids is 3. The third-order valence-electron chi connectivity index (χ3n) is 2.44. The maximum Gasteiger partial charge on any atom is 0.170 e. The molecule has 1 aromatic carbocycles. The lowest BCUT2D eigenvalue weighted by atomic mass is 10.0. The van der Waals surface area contributed by atoms with Crippen LogP contribution in [0.4, 0.5) is 0 Å². The molecule has 0 bridgehead atoms. The van der Waals surface area contributed by atoms with Gasteiger partial charge in [0, 0.05) is 11.6 Å². The van der Waals surface area contributed by atoms with Gasteiger partial charge in [-0.05, 0) is 18.9 Å². The molecule has 0 heterocycles. The highest BCUT2D eigenvalue weighted by molar-refractivity contribution is 6.07. The summed E-state index contributed by atoms with van der Waals surface area (Å²) in [7, 11) is 0. The van der Waals surface area contributed by atoms with E-state index in [0.717, 1.165) is 0 Å². The molecule has 0 amide bonds. The van der Waals surface area contributed by atoms with Crippen molar-refractivity contribution in [2.24, 2.45) is 5.73 Å². The van der Waals surface area contributed by atoms with Gasteiger partial charge in [-0.1, -0.05) is 24.3 Å². The Morgan fingerprint density at radius 2 is 1.78 bits per heavy atom. The summed E-state index contributed by atoms with van der Waals surface area (Å²) in [5.74, 6) is -1.76. The molecule has 0 unspecified atom stereocenters. The quantitative estimate of drug-likeness (QED) is 0.538. The Morgan fingerprint density at radius 1 is 1.22 bits per heavy atom. The SMILES string of the molecule is CC(=O)CC(=O)c1ccc(C[C@H](N)C(=O)[O-])cc1. The molecule has 0 aliphatic heterocycles. The van der Waals surface area contributed by atoms with E-state index in [0.29, 0.717) is 11.1 Å². The first-order valence-electron chi connectivity index (χ1n) is 5.48. The van der Waals surface area contributed by atoms with E-state index in [1.807, 2.05) is 0 Å². The van der Waals surface area contributed by atoms with Crippen molar-refractivity contribution in [3.63, 3.8) is 0 Å². The van der Waals surface area contributed by atoms with Crippen LogP contribution in [0, 0.1) is 0 Å². The molecular formula is C13H14NO4-. The number of rotatable bonds is 6. The van der Waals surface area contributed by atoms with E-state index < -0.39 is 12.0 Å². The lowest BCUT2D eigenvalue weighted by Gasteiger charge is -2.12. The molecule has 1 atom stereocenters. The normalized spacial score (nSPS) is 11.9. The number of carboxylic acids is 1. The van der Waals surface area contributed by atoms with Gasteiger partial charge in [0.2, 0.25) is 0 Å². The Kier molecular flexibility index (Phi) is 4.74. The van der Waals surface area contributed by atoms with Gasteiger partial charge in [-0.3, -0.25) is 9.59 Å². The van der Waals surface area contributed by atoms with Crippen molar-refractivity contribution in [2.75, 3.05) is 0 Å². The number of ketones is 2. The highest BCUT2D eigenvalue weighted by atomic mass is 16.4. The zero-order valence-electron chi connectivity index (χ0n) is 10.0. The number of hydrogen-bond donors (Lipinski definition) is 1. The fourth-order valence-corrected chi connectivity index (χ4v) is 1.49. The third-order valence-corrected chi connectivity index (χ3v) is 2.44. The third kappa shape index (κ3) is 4.10. The Labute approximate surface area is 105 Å². The van der Waals surface area contributed by atoms with Gasteiger partial charge in [0.05, 0.1) is 12.4 Å². The molecule has 1 aromatic rings. The number of Topliss-reactive ketones (excluding diaryl/α,β-unsaturated/α-hetero) is 2. The van der Waals surface area contributed by atoms with Crippen LogP contribution < -0.4 is 10.8 Å². The van der Waals surface area contributed by atoms with Crippen LogP contribution in [0.25, 0.3) is 0 Å². The molecule has 18 heavy (non-hydrogen) atoms. The van der Waals surface area contributed by atoms with Crippen molar-refractivity contribution in [3.8, 4) is 0 Å². The molecule has 1 rings (SSSR count). The first-order chi connectivity index (χ1) is 8.40. The van der Waals surface area contributed by atoms with Gasteiger partial charge < -0.3 is 15.6 Å². The van der Waals surface area contributed by atoms with E-state index in [-0.39, 0.29) is 24.4 Å². The monoisotopic (exact) mass is 248 g/mol. The van der Waals surface area contributed by atoms with Crippen LogP contribution in [0.5, 0.6) is 0 Å². The highest BCUT2D eigenvalue weighted by Gasteiger charge is 2.09. The first-order valence-corrected chi connectivity index (χ1v) is 5.48. The number of benzene rings is 1. The van der Waals surface area contributed by atoms with Crippen LogP contribution in [0.3, 0.4) is 0 Å². The van der Waals surface area contributed by atoms with Crippen molar-refractivity contribution < 1.29 is 19.5 Å². The number of carboxylic acid groups (broad SMARTS) is 1. The lowest BCUT2D eigenvalue weighted by Crippen LogP contribution is -2.43. The zero-order valence-corrected chi connectivity index (χ0v) is 10.0. The Morgan fingerprint density at radius 3 is 2.22 bits per heavy atom. The van der Waals surface area contributed by atoms with E-state index in [1.165, 1.54) is 6.92 Å². The average molecular weight is 248 g/mol. The summed E-state index contributed by atoms with van der Waals surface area (Å²) in [4.78, 5) is 32.8. The molecular weight excluding hydrogens is 234 g/mol. The fourth-order valence-electron chi connectivity index (χ4n) is 1.49. The van der Waals surface area contributed by atoms with E-state index in [2.05, 4.69) is 0 Å². The minimum Gasteiger partial charge on any atom is -0.548 e. The first kappa shape index (κ1) is 14.1. The van der Waals surface area contributed by atoms with Crippen molar-refractivity contribution >= 4 is 17.5 Å². The van der Waals surface area contributed by atoms with Gasteiger partial charge in [0.25, 0.3) is 0 Å². The Bertz CT molecular complexity index is 464. The van der Waals surface area contributed by atoms with Gasteiger partial charge in [-0.2, -0.15) is 0 Å². The van der Waals surface area contributed by atoms with Crippen LogP contribution in [-0.4, -0.2) is 23.6 Å². The summed E-state index contributed by atoms with van der Waals surface area (Å²) in [6.45, 7) is 1.35. The fraction of sp³-hybridized carbons (Fsp3) is 0.308. The second-order valence-electron chi connectivity index (χ2n) is 4.13. The minimum absolute atomic E-state index is 0.127. The molecule has 0 fully saturated rings. The standard InChI is InChI=1S/C13H15NO4/c1-8(15)6-12(16)10-4-2-9(3-5-10)7-11(14)13(17)18/h2-5,11H,6-7,14H2,1H3,(H,17,18)/p-1/t11-/m0/s1. The van der Waals surface area contributed by atoms with Crippen LogP contribution in [0.15, 0.2) is 24.3 Å². The lowest BCUT2D eigenvalue weighted by molar-refractivity contribution is -0.307. The second-order valence-corrected chi connectivity index (χ2v) is 4.13. The van der Waals surface area contributed by atoms with Gasteiger partial charge in [-0.15, -0.1) is 0 Å². The molecule has 0 saturated heterocycles. The predicted octanol–water partition coefficient (Wildman–Crippen LogP) is -0.532. The molecule has 0 radical (unpaired) electrons. The number of nitrogens with two attached hydrogens (primary N) is 1. The van der Waals surface area contributed by atoms with Crippen LogP contribution in [-0.2, 0) is 16.0 Å². The summed E-state index contributed by atoms with van der Waals surface area (Å²) in [6, 6.07) is 5.29. The van der Waals surface area contributed by atoms with E-state index in [9.17, 15) is 19.5 Å². The predicted molar refractivity (Wildman–Crippen MR) is 62.8 cm³/mol. The number of hydrogen-bond acceptors (Lipinski definition) is 5. The molecule has 0 aromatic heterocycles. The largest absolute Gasteiger partial charge is 0.548 e. The molecule has 2 N–H and O–H groups in total.